The SMILES string of the molecule is CC(=O)NCOCCOc1ccc(OCNC(C)=O)cc1. The Morgan fingerprint density at radius 1 is 0.857 bits per heavy atom. The Balaban J connectivity index is 2.16. The zero-order chi connectivity index (χ0) is 15.5. The first-order chi connectivity index (χ1) is 10.1. The summed E-state index contributed by atoms with van der Waals surface area (Å²) in [6.45, 7) is 3.91. The molecule has 1 rings (SSSR count). The summed E-state index contributed by atoms with van der Waals surface area (Å²) in [7, 11) is 0. The van der Waals surface area contributed by atoms with E-state index in [-0.39, 0.29) is 25.3 Å². The second-order valence-corrected chi connectivity index (χ2v) is 4.13. The van der Waals surface area contributed by atoms with Crippen molar-refractivity contribution in [3.8, 4) is 11.5 Å². The highest BCUT2D eigenvalue weighted by Gasteiger charge is 1.98. The van der Waals surface area contributed by atoms with Gasteiger partial charge in [0.2, 0.25) is 11.8 Å². The van der Waals surface area contributed by atoms with Crippen molar-refractivity contribution < 1.29 is 23.8 Å². The summed E-state index contributed by atoms with van der Waals surface area (Å²) in [6.07, 6.45) is 0. The Morgan fingerprint density at radius 2 is 1.38 bits per heavy atom. The molecule has 0 radical (unpaired) electrons. The lowest BCUT2D eigenvalue weighted by molar-refractivity contribution is -0.121. The Morgan fingerprint density at radius 3 is 1.95 bits per heavy atom. The molecule has 2 N–H and O–H groups in total. The van der Waals surface area contributed by atoms with E-state index in [2.05, 4.69) is 10.6 Å². The molecule has 0 saturated carbocycles. The lowest BCUT2D eigenvalue weighted by Gasteiger charge is -2.09. The Labute approximate surface area is 123 Å². The number of amides is 2. The standard InChI is InChI=1S/C14H20N2O5/c1-11(17)15-9-19-7-8-20-13-3-5-14(6-4-13)21-10-16-12(2)18/h3-6H,7-10H2,1-2H3,(H,15,17)(H,16,18). The molecular weight excluding hydrogens is 276 g/mol. The Kier molecular flexibility index (Phi) is 7.67. The third-order valence-electron chi connectivity index (χ3n) is 2.30. The van der Waals surface area contributed by atoms with Gasteiger partial charge in [-0.25, -0.2) is 0 Å². The van der Waals surface area contributed by atoms with E-state index in [9.17, 15) is 9.59 Å². The maximum atomic E-state index is 10.7. The van der Waals surface area contributed by atoms with Gasteiger partial charge in [-0.15, -0.1) is 0 Å². The monoisotopic (exact) mass is 296 g/mol. The lowest BCUT2D eigenvalue weighted by atomic mass is 10.3. The van der Waals surface area contributed by atoms with Crippen molar-refractivity contribution in [2.45, 2.75) is 13.8 Å². The van der Waals surface area contributed by atoms with Gasteiger partial charge in [0, 0.05) is 13.8 Å². The van der Waals surface area contributed by atoms with Crippen molar-refractivity contribution in [2.75, 3.05) is 26.7 Å². The zero-order valence-corrected chi connectivity index (χ0v) is 12.2. The van der Waals surface area contributed by atoms with Crippen LogP contribution in [0.3, 0.4) is 0 Å². The normalized spacial score (nSPS) is 9.81. The van der Waals surface area contributed by atoms with Crippen molar-refractivity contribution in [3.63, 3.8) is 0 Å². The predicted molar refractivity (Wildman–Crippen MR) is 75.9 cm³/mol. The third-order valence-corrected chi connectivity index (χ3v) is 2.30. The Hall–Kier alpha value is -2.28. The first-order valence-corrected chi connectivity index (χ1v) is 6.50. The molecule has 1 aromatic carbocycles. The quantitative estimate of drug-likeness (QED) is 0.516. The Bertz CT molecular complexity index is 447. The van der Waals surface area contributed by atoms with Crippen molar-refractivity contribution in [2.24, 2.45) is 0 Å². The summed E-state index contributed by atoms with van der Waals surface area (Å²) in [6, 6.07) is 7.01. The minimum Gasteiger partial charge on any atom is -0.491 e. The van der Waals surface area contributed by atoms with E-state index in [1.165, 1.54) is 13.8 Å². The minimum atomic E-state index is -0.144. The molecule has 0 aliphatic rings. The average molecular weight is 296 g/mol. The summed E-state index contributed by atoms with van der Waals surface area (Å²) >= 11 is 0. The van der Waals surface area contributed by atoms with Crippen LogP contribution in [0.2, 0.25) is 0 Å². The number of ether oxygens (including phenoxy) is 3. The molecule has 0 saturated heterocycles. The number of carbonyl (C=O) groups is 2. The van der Waals surface area contributed by atoms with Gasteiger partial charge in [-0.1, -0.05) is 0 Å². The molecule has 7 heteroatoms. The second-order valence-electron chi connectivity index (χ2n) is 4.13. The fourth-order valence-electron chi connectivity index (χ4n) is 1.30. The van der Waals surface area contributed by atoms with E-state index in [1.807, 2.05) is 0 Å². The van der Waals surface area contributed by atoms with Gasteiger partial charge in [0.25, 0.3) is 0 Å². The highest BCUT2D eigenvalue weighted by Crippen LogP contribution is 2.17. The predicted octanol–water partition coefficient (Wildman–Crippen LogP) is 0.648. The summed E-state index contributed by atoms with van der Waals surface area (Å²) in [5, 5.41) is 5.05. The molecule has 0 bridgehead atoms. The first-order valence-electron chi connectivity index (χ1n) is 6.50. The molecule has 0 aliphatic carbocycles. The molecule has 2 amide bonds. The van der Waals surface area contributed by atoms with Crippen LogP contribution < -0.4 is 20.1 Å². The van der Waals surface area contributed by atoms with Crippen LogP contribution in [0.1, 0.15) is 13.8 Å². The molecule has 0 atom stereocenters. The molecule has 0 unspecified atom stereocenters. The number of carbonyl (C=O) groups excluding carboxylic acids is 2. The first kappa shape index (κ1) is 16.8. The van der Waals surface area contributed by atoms with Gasteiger partial charge in [0.05, 0.1) is 6.61 Å². The van der Waals surface area contributed by atoms with Gasteiger partial charge in [0.1, 0.15) is 24.8 Å². The fourth-order valence-corrected chi connectivity index (χ4v) is 1.30. The highest BCUT2D eigenvalue weighted by atomic mass is 16.5. The van der Waals surface area contributed by atoms with Crippen LogP contribution in [0.4, 0.5) is 0 Å². The van der Waals surface area contributed by atoms with Crippen LogP contribution in [-0.2, 0) is 14.3 Å². The molecule has 7 nitrogen and oxygen atoms in total. The van der Waals surface area contributed by atoms with Gasteiger partial charge in [-0.2, -0.15) is 0 Å². The fraction of sp³-hybridized carbons (Fsp3) is 0.429. The van der Waals surface area contributed by atoms with Crippen molar-refractivity contribution in [1.82, 2.24) is 10.6 Å². The van der Waals surface area contributed by atoms with Crippen LogP contribution in [0.5, 0.6) is 11.5 Å². The van der Waals surface area contributed by atoms with E-state index in [4.69, 9.17) is 14.2 Å². The molecule has 116 valence electrons. The van der Waals surface area contributed by atoms with Crippen LogP contribution in [0.25, 0.3) is 0 Å². The number of hydrogen-bond acceptors (Lipinski definition) is 5. The molecule has 21 heavy (non-hydrogen) atoms. The molecule has 0 aliphatic heterocycles. The van der Waals surface area contributed by atoms with Crippen LogP contribution in [0.15, 0.2) is 24.3 Å². The lowest BCUT2D eigenvalue weighted by Crippen LogP contribution is -2.24. The molecule has 0 heterocycles. The molecule has 0 aromatic heterocycles. The summed E-state index contributed by atoms with van der Waals surface area (Å²) in [5.74, 6) is 1.04. The van der Waals surface area contributed by atoms with E-state index in [0.29, 0.717) is 24.7 Å². The number of hydrogen-bond donors (Lipinski definition) is 2. The maximum Gasteiger partial charge on any atom is 0.219 e. The summed E-state index contributed by atoms with van der Waals surface area (Å²) in [4.78, 5) is 21.3. The van der Waals surface area contributed by atoms with Crippen molar-refractivity contribution in [1.29, 1.82) is 0 Å². The van der Waals surface area contributed by atoms with Crippen LogP contribution in [-0.4, -0.2) is 38.5 Å². The van der Waals surface area contributed by atoms with E-state index < -0.39 is 0 Å². The van der Waals surface area contributed by atoms with Gasteiger partial charge < -0.3 is 24.8 Å². The number of benzene rings is 1. The van der Waals surface area contributed by atoms with Gasteiger partial charge in [-0.3, -0.25) is 9.59 Å². The van der Waals surface area contributed by atoms with E-state index in [0.717, 1.165) is 0 Å². The number of nitrogens with one attached hydrogen (secondary N) is 2. The van der Waals surface area contributed by atoms with Crippen molar-refractivity contribution >= 4 is 11.8 Å². The molecule has 0 fully saturated rings. The van der Waals surface area contributed by atoms with Crippen molar-refractivity contribution in [3.05, 3.63) is 24.3 Å². The smallest absolute Gasteiger partial charge is 0.219 e. The second kappa shape index (κ2) is 9.60. The third kappa shape index (κ3) is 8.48. The topological polar surface area (TPSA) is 85.9 Å². The average Bonchev–Trinajstić information content (AvgIpc) is 2.43. The molecule has 1 aromatic rings. The summed E-state index contributed by atoms with van der Waals surface area (Å²) in [5.41, 5.74) is 0. The van der Waals surface area contributed by atoms with Gasteiger partial charge in [-0.05, 0) is 24.3 Å². The van der Waals surface area contributed by atoms with Crippen LogP contribution in [0, 0.1) is 0 Å². The molecule has 0 spiro atoms. The van der Waals surface area contributed by atoms with E-state index in [1.54, 1.807) is 24.3 Å². The maximum absolute atomic E-state index is 10.7. The zero-order valence-electron chi connectivity index (χ0n) is 12.2. The number of rotatable bonds is 9. The largest absolute Gasteiger partial charge is 0.491 e. The highest BCUT2D eigenvalue weighted by molar-refractivity contribution is 5.72. The van der Waals surface area contributed by atoms with Crippen LogP contribution >= 0.6 is 0 Å². The minimum absolute atomic E-state index is 0.131. The summed E-state index contributed by atoms with van der Waals surface area (Å²) < 4.78 is 15.9. The molecular formula is C14H20N2O5. The van der Waals surface area contributed by atoms with Gasteiger partial charge >= 0.3 is 0 Å². The van der Waals surface area contributed by atoms with Gasteiger partial charge in [0.15, 0.2) is 6.73 Å². The van der Waals surface area contributed by atoms with E-state index >= 15 is 0 Å².